The van der Waals surface area contributed by atoms with Crippen LogP contribution in [0.4, 0.5) is 11.4 Å². The van der Waals surface area contributed by atoms with Crippen LogP contribution in [-0.2, 0) is 19.9 Å². The van der Waals surface area contributed by atoms with Crippen molar-refractivity contribution in [3.05, 3.63) is 53.6 Å². The summed E-state index contributed by atoms with van der Waals surface area (Å²) in [6, 6.07) is 11.5. The molecule has 0 radical (unpaired) electrons. The Morgan fingerprint density at radius 2 is 1.54 bits per heavy atom. The van der Waals surface area contributed by atoms with Gasteiger partial charge < -0.3 is 10.4 Å². The Balaban J connectivity index is 1.69. The first-order valence-corrected chi connectivity index (χ1v) is 11.4. The molecule has 7 nitrogen and oxygen atoms in total. The van der Waals surface area contributed by atoms with E-state index in [1.54, 1.807) is 24.3 Å². The molecule has 2 atom stereocenters. The lowest BCUT2D eigenvalue weighted by Crippen LogP contribution is -2.31. The van der Waals surface area contributed by atoms with Crippen LogP contribution in [0.1, 0.15) is 0 Å². The standard InChI is InChI=1S/C16H17ClN2O5S2/c17-11-1-7-14(8-2-11)26(23,24)19-13-5-3-12(4-6-13)18-15-9-25(21,22)10-16(15)20/h1-8,15-16,18-20H,9-10H2/t15-,16+/m1/s1. The minimum absolute atomic E-state index is 0.0865. The largest absolute Gasteiger partial charge is 0.390 e. The SMILES string of the molecule is O=S1(=O)C[C@H](O)[C@H](Nc2ccc(NS(=O)(=O)c3ccc(Cl)cc3)cc2)C1. The van der Waals surface area contributed by atoms with Crippen LogP contribution >= 0.6 is 11.6 Å². The summed E-state index contributed by atoms with van der Waals surface area (Å²) in [4.78, 5) is 0.0865. The number of rotatable bonds is 5. The zero-order chi connectivity index (χ0) is 18.9. The Hall–Kier alpha value is -1.81. The van der Waals surface area contributed by atoms with Gasteiger partial charge in [0.2, 0.25) is 0 Å². The van der Waals surface area contributed by atoms with E-state index in [1.807, 2.05) is 0 Å². The van der Waals surface area contributed by atoms with E-state index in [1.165, 1.54) is 24.3 Å². The van der Waals surface area contributed by atoms with E-state index in [0.717, 1.165) is 0 Å². The number of benzene rings is 2. The minimum atomic E-state index is -3.74. The molecule has 10 heteroatoms. The number of hydrogen-bond acceptors (Lipinski definition) is 6. The van der Waals surface area contributed by atoms with Crippen LogP contribution in [0.15, 0.2) is 53.4 Å². The fourth-order valence-corrected chi connectivity index (χ4v) is 5.57. The molecule has 1 aliphatic rings. The average Bonchev–Trinajstić information content (AvgIpc) is 2.81. The Labute approximate surface area is 157 Å². The lowest BCUT2D eigenvalue weighted by molar-refractivity contribution is 0.190. The minimum Gasteiger partial charge on any atom is -0.390 e. The number of nitrogens with one attached hydrogen (secondary N) is 2. The lowest BCUT2D eigenvalue weighted by Gasteiger charge is -2.16. The number of halogens is 1. The molecular weight excluding hydrogens is 400 g/mol. The summed E-state index contributed by atoms with van der Waals surface area (Å²) in [5.41, 5.74) is 0.936. The molecule has 2 aromatic carbocycles. The van der Waals surface area contributed by atoms with Crippen molar-refractivity contribution < 1.29 is 21.9 Å². The molecule has 1 saturated heterocycles. The summed E-state index contributed by atoms with van der Waals surface area (Å²) in [6.45, 7) is 0. The van der Waals surface area contributed by atoms with Crippen molar-refractivity contribution in [1.82, 2.24) is 0 Å². The van der Waals surface area contributed by atoms with Gasteiger partial charge in [0.15, 0.2) is 9.84 Å². The molecule has 0 unspecified atom stereocenters. The van der Waals surface area contributed by atoms with Gasteiger partial charge in [-0.3, -0.25) is 4.72 Å². The fourth-order valence-electron chi connectivity index (χ4n) is 2.64. The molecule has 1 aliphatic heterocycles. The molecule has 2 aromatic rings. The third-order valence-electron chi connectivity index (χ3n) is 3.94. The van der Waals surface area contributed by atoms with Gasteiger partial charge in [-0.05, 0) is 48.5 Å². The number of sulfone groups is 1. The van der Waals surface area contributed by atoms with E-state index in [-0.39, 0.29) is 16.4 Å². The van der Waals surface area contributed by atoms with Crippen molar-refractivity contribution in [2.75, 3.05) is 21.5 Å². The number of anilines is 2. The summed E-state index contributed by atoms with van der Waals surface area (Å²) in [6.07, 6.45) is -0.969. The molecular formula is C16H17ClN2O5S2. The first kappa shape index (κ1) is 19.0. The predicted molar refractivity (Wildman–Crippen MR) is 101 cm³/mol. The van der Waals surface area contributed by atoms with Crippen molar-refractivity contribution in [1.29, 1.82) is 0 Å². The summed E-state index contributed by atoms with van der Waals surface area (Å²) in [5.74, 6) is -0.400. The maximum absolute atomic E-state index is 12.3. The second kappa shape index (κ2) is 7.07. The van der Waals surface area contributed by atoms with Crippen LogP contribution in [0.2, 0.25) is 5.02 Å². The highest BCUT2D eigenvalue weighted by molar-refractivity contribution is 7.92. The Kier molecular flexibility index (Phi) is 5.16. The molecule has 3 N–H and O–H groups in total. The Morgan fingerprint density at radius 1 is 0.962 bits per heavy atom. The zero-order valence-corrected chi connectivity index (χ0v) is 15.9. The van der Waals surface area contributed by atoms with Crippen LogP contribution in [0.25, 0.3) is 0 Å². The van der Waals surface area contributed by atoms with Crippen LogP contribution in [0.5, 0.6) is 0 Å². The number of aliphatic hydroxyl groups is 1. The summed E-state index contributed by atoms with van der Waals surface area (Å²) in [7, 11) is -6.98. The van der Waals surface area contributed by atoms with Gasteiger partial charge in [-0.2, -0.15) is 0 Å². The summed E-state index contributed by atoms with van der Waals surface area (Å²) < 4.78 is 50.1. The first-order valence-electron chi connectivity index (χ1n) is 7.68. The molecule has 0 spiro atoms. The van der Waals surface area contributed by atoms with E-state index in [4.69, 9.17) is 11.6 Å². The van der Waals surface area contributed by atoms with Crippen molar-refractivity contribution in [2.24, 2.45) is 0 Å². The quantitative estimate of drug-likeness (QED) is 0.684. The Morgan fingerprint density at radius 3 is 2.08 bits per heavy atom. The van der Waals surface area contributed by atoms with E-state index >= 15 is 0 Å². The van der Waals surface area contributed by atoms with Crippen molar-refractivity contribution in [3.63, 3.8) is 0 Å². The van der Waals surface area contributed by atoms with Gasteiger partial charge in [0.05, 0.1) is 28.5 Å². The fraction of sp³-hybridized carbons (Fsp3) is 0.250. The number of aliphatic hydroxyl groups excluding tert-OH is 1. The molecule has 1 fully saturated rings. The van der Waals surface area contributed by atoms with Gasteiger partial charge in [0.1, 0.15) is 0 Å². The topological polar surface area (TPSA) is 113 Å². The van der Waals surface area contributed by atoms with Crippen LogP contribution < -0.4 is 10.0 Å². The smallest absolute Gasteiger partial charge is 0.261 e. The molecule has 140 valence electrons. The molecule has 3 rings (SSSR count). The molecule has 0 aromatic heterocycles. The van der Waals surface area contributed by atoms with E-state index in [0.29, 0.717) is 16.4 Å². The third kappa shape index (κ3) is 4.47. The van der Waals surface area contributed by atoms with Crippen molar-refractivity contribution >= 4 is 42.8 Å². The second-order valence-corrected chi connectivity index (χ2v) is 10.3. The highest BCUT2D eigenvalue weighted by Crippen LogP contribution is 2.22. The van der Waals surface area contributed by atoms with E-state index < -0.39 is 32.0 Å². The first-order chi connectivity index (χ1) is 12.1. The van der Waals surface area contributed by atoms with Gasteiger partial charge in [0, 0.05) is 16.4 Å². The number of hydrogen-bond donors (Lipinski definition) is 3. The summed E-state index contributed by atoms with van der Waals surface area (Å²) in [5, 5.41) is 13.2. The van der Waals surface area contributed by atoms with Gasteiger partial charge in [-0.1, -0.05) is 11.6 Å². The van der Waals surface area contributed by atoms with Crippen molar-refractivity contribution in [2.45, 2.75) is 17.0 Å². The Bertz CT molecular complexity index is 990. The van der Waals surface area contributed by atoms with E-state index in [2.05, 4.69) is 10.0 Å². The van der Waals surface area contributed by atoms with Crippen LogP contribution in [-0.4, -0.2) is 45.6 Å². The normalized spacial score (nSPS) is 22.1. The predicted octanol–water partition coefficient (Wildman–Crippen LogP) is 1.71. The maximum Gasteiger partial charge on any atom is 0.261 e. The summed E-state index contributed by atoms with van der Waals surface area (Å²) >= 11 is 5.76. The molecule has 0 amide bonds. The number of sulfonamides is 1. The molecule has 0 saturated carbocycles. The zero-order valence-electron chi connectivity index (χ0n) is 13.5. The van der Waals surface area contributed by atoms with E-state index in [9.17, 15) is 21.9 Å². The monoisotopic (exact) mass is 416 g/mol. The highest BCUT2D eigenvalue weighted by atomic mass is 35.5. The van der Waals surface area contributed by atoms with Gasteiger partial charge in [-0.25, -0.2) is 16.8 Å². The molecule has 26 heavy (non-hydrogen) atoms. The van der Waals surface area contributed by atoms with Gasteiger partial charge >= 0.3 is 0 Å². The van der Waals surface area contributed by atoms with Crippen molar-refractivity contribution in [3.8, 4) is 0 Å². The third-order valence-corrected chi connectivity index (χ3v) is 7.30. The van der Waals surface area contributed by atoms with Crippen LogP contribution in [0.3, 0.4) is 0 Å². The maximum atomic E-state index is 12.3. The van der Waals surface area contributed by atoms with Crippen LogP contribution in [0, 0.1) is 0 Å². The second-order valence-electron chi connectivity index (χ2n) is 6.03. The molecule has 0 bridgehead atoms. The average molecular weight is 417 g/mol. The molecule has 0 aliphatic carbocycles. The lowest BCUT2D eigenvalue weighted by atomic mass is 10.2. The van der Waals surface area contributed by atoms with Gasteiger partial charge in [0.25, 0.3) is 10.0 Å². The molecule has 1 heterocycles. The van der Waals surface area contributed by atoms with Gasteiger partial charge in [-0.15, -0.1) is 0 Å². The highest BCUT2D eigenvalue weighted by Gasteiger charge is 2.36.